The summed E-state index contributed by atoms with van der Waals surface area (Å²) in [6, 6.07) is 6.40. The van der Waals surface area contributed by atoms with Gasteiger partial charge < -0.3 is 22.9 Å². The topological polar surface area (TPSA) is 36.9 Å². The number of benzene rings is 1. The highest BCUT2D eigenvalue weighted by molar-refractivity contribution is 5.18. The third-order valence-corrected chi connectivity index (χ3v) is 1.71. The number of ether oxygens (including phenoxy) is 1. The number of rotatable bonds is 3. The first-order valence-corrected chi connectivity index (χ1v) is 3.81. The highest BCUT2D eigenvalue weighted by Gasteiger charge is 2.07. The van der Waals surface area contributed by atoms with Crippen molar-refractivity contribution in [3.05, 3.63) is 35.6 Å². The van der Waals surface area contributed by atoms with E-state index in [0.29, 0.717) is 6.61 Å². The molecule has 1 rings (SSSR count). The van der Waals surface area contributed by atoms with E-state index in [4.69, 9.17) is 4.74 Å². The van der Waals surface area contributed by atoms with E-state index in [-0.39, 0.29) is 24.3 Å². The monoisotopic (exact) mass is 205 g/mol. The molecule has 3 N–H and O–H groups in total. The van der Waals surface area contributed by atoms with Gasteiger partial charge in [-0.15, -0.1) is 0 Å². The number of quaternary nitrogens is 1. The van der Waals surface area contributed by atoms with Crippen LogP contribution in [0.25, 0.3) is 0 Å². The second kappa shape index (κ2) is 5.91. The maximum atomic E-state index is 12.5. The minimum atomic E-state index is -0.219. The molecule has 1 aromatic rings. The quantitative estimate of drug-likeness (QED) is 0.596. The zero-order valence-electron chi connectivity index (χ0n) is 7.47. The van der Waals surface area contributed by atoms with E-state index in [9.17, 15) is 4.39 Å². The van der Waals surface area contributed by atoms with Gasteiger partial charge in [0.1, 0.15) is 18.5 Å². The van der Waals surface area contributed by atoms with Crippen LogP contribution in [0, 0.1) is 5.82 Å². The van der Waals surface area contributed by atoms with Crippen LogP contribution in [0.5, 0.6) is 0 Å². The van der Waals surface area contributed by atoms with E-state index in [1.54, 1.807) is 19.2 Å². The molecule has 0 fully saturated rings. The molecule has 4 heteroatoms. The van der Waals surface area contributed by atoms with Crippen LogP contribution < -0.4 is 18.1 Å². The van der Waals surface area contributed by atoms with Gasteiger partial charge in [0.25, 0.3) is 0 Å². The highest BCUT2D eigenvalue weighted by atomic mass is 35.5. The molecule has 0 heterocycles. The smallest absolute Gasteiger partial charge is 0.134 e. The Kier molecular flexibility index (Phi) is 5.62. The summed E-state index contributed by atoms with van der Waals surface area (Å²) in [6.45, 7) is 0.561. The first kappa shape index (κ1) is 12.4. The molecule has 0 saturated carbocycles. The van der Waals surface area contributed by atoms with Gasteiger partial charge in [0, 0.05) is 12.7 Å². The summed E-state index contributed by atoms with van der Waals surface area (Å²) in [5.74, 6) is -0.219. The lowest BCUT2D eigenvalue weighted by Crippen LogP contribution is -3.00. The van der Waals surface area contributed by atoms with Crippen LogP contribution in [-0.2, 0) is 4.74 Å². The lowest BCUT2D eigenvalue weighted by atomic mass is 10.1. The van der Waals surface area contributed by atoms with Crippen LogP contribution >= 0.6 is 0 Å². The van der Waals surface area contributed by atoms with Gasteiger partial charge in [-0.1, -0.05) is 12.1 Å². The van der Waals surface area contributed by atoms with Crippen LogP contribution in [0.4, 0.5) is 4.39 Å². The second-order valence-corrected chi connectivity index (χ2v) is 2.70. The molecule has 13 heavy (non-hydrogen) atoms. The summed E-state index contributed by atoms with van der Waals surface area (Å²) in [7, 11) is 1.63. The summed E-state index contributed by atoms with van der Waals surface area (Å²) in [4.78, 5) is 0. The molecule has 74 valence electrons. The summed E-state index contributed by atoms with van der Waals surface area (Å²) in [6.07, 6.45) is 0. The first-order chi connectivity index (χ1) is 5.74. The minimum Gasteiger partial charge on any atom is -1.00 e. The van der Waals surface area contributed by atoms with Crippen molar-refractivity contribution >= 4 is 0 Å². The van der Waals surface area contributed by atoms with Gasteiger partial charge in [0.2, 0.25) is 0 Å². The van der Waals surface area contributed by atoms with Gasteiger partial charge in [-0.3, -0.25) is 0 Å². The molecule has 0 spiro atoms. The second-order valence-electron chi connectivity index (χ2n) is 2.70. The van der Waals surface area contributed by atoms with Crippen molar-refractivity contribution in [3.63, 3.8) is 0 Å². The molecule has 0 bridgehead atoms. The fraction of sp³-hybridized carbons (Fsp3) is 0.333. The predicted molar refractivity (Wildman–Crippen MR) is 43.9 cm³/mol. The van der Waals surface area contributed by atoms with E-state index >= 15 is 0 Å². The fourth-order valence-corrected chi connectivity index (χ4v) is 1.03. The molecule has 0 radical (unpaired) electrons. The van der Waals surface area contributed by atoms with Crippen LogP contribution in [-0.4, -0.2) is 13.7 Å². The molecule has 0 aliphatic rings. The molecule has 0 aliphatic carbocycles. The fourth-order valence-electron chi connectivity index (χ4n) is 1.03. The van der Waals surface area contributed by atoms with Crippen molar-refractivity contribution in [2.45, 2.75) is 6.04 Å². The third kappa shape index (κ3) is 3.72. The summed E-state index contributed by atoms with van der Waals surface area (Å²) in [5.41, 5.74) is 4.88. The Hall–Kier alpha value is -0.640. The summed E-state index contributed by atoms with van der Waals surface area (Å²) in [5, 5.41) is 0. The van der Waals surface area contributed by atoms with Crippen LogP contribution in [0.15, 0.2) is 24.3 Å². The van der Waals surface area contributed by atoms with Crippen molar-refractivity contribution in [2.24, 2.45) is 0 Å². The number of hydrogen-bond acceptors (Lipinski definition) is 1. The van der Waals surface area contributed by atoms with Crippen molar-refractivity contribution < 1.29 is 27.3 Å². The Morgan fingerprint density at radius 3 is 2.38 bits per heavy atom. The molecule has 0 saturated heterocycles. The van der Waals surface area contributed by atoms with Crippen molar-refractivity contribution in [3.8, 4) is 0 Å². The van der Waals surface area contributed by atoms with E-state index < -0.39 is 0 Å². The Morgan fingerprint density at radius 1 is 1.38 bits per heavy atom. The third-order valence-electron chi connectivity index (χ3n) is 1.71. The maximum Gasteiger partial charge on any atom is 0.134 e. The average Bonchev–Trinajstić information content (AvgIpc) is 2.06. The normalized spacial score (nSPS) is 11.9. The zero-order chi connectivity index (χ0) is 8.97. The van der Waals surface area contributed by atoms with Gasteiger partial charge in [-0.05, 0) is 12.1 Å². The van der Waals surface area contributed by atoms with E-state index in [2.05, 4.69) is 5.73 Å². The standard InChI is InChI=1S/C9H12FNO.ClH/c1-12-6-9(11)7-2-4-8(10)5-3-7;/h2-5,9H,6,11H2,1H3;1H/t9-;/m0./s1. The van der Waals surface area contributed by atoms with Crippen molar-refractivity contribution in [1.29, 1.82) is 0 Å². The zero-order valence-corrected chi connectivity index (χ0v) is 8.22. The number of hydrogen-bond donors (Lipinski definition) is 1. The summed E-state index contributed by atoms with van der Waals surface area (Å²) < 4.78 is 17.4. The Balaban J connectivity index is 0.00000144. The molecule has 1 atom stereocenters. The molecule has 1 aromatic carbocycles. The molecule has 0 aromatic heterocycles. The van der Waals surface area contributed by atoms with Crippen LogP contribution in [0.1, 0.15) is 11.6 Å². The maximum absolute atomic E-state index is 12.5. The summed E-state index contributed by atoms with van der Waals surface area (Å²) >= 11 is 0. The molecule has 0 aliphatic heterocycles. The number of methoxy groups -OCH3 is 1. The van der Waals surface area contributed by atoms with E-state index in [0.717, 1.165) is 5.56 Å². The molecule has 0 unspecified atom stereocenters. The Bertz CT molecular complexity index is 240. The van der Waals surface area contributed by atoms with Gasteiger partial charge in [-0.2, -0.15) is 0 Å². The first-order valence-electron chi connectivity index (χ1n) is 3.81. The van der Waals surface area contributed by atoms with Gasteiger partial charge >= 0.3 is 0 Å². The predicted octanol–water partition coefficient (Wildman–Crippen LogP) is -2.24. The van der Waals surface area contributed by atoms with E-state index in [1.807, 2.05) is 0 Å². The largest absolute Gasteiger partial charge is 1.00 e. The average molecular weight is 206 g/mol. The van der Waals surface area contributed by atoms with Gasteiger partial charge in [0.05, 0.1) is 0 Å². The van der Waals surface area contributed by atoms with Crippen LogP contribution in [0.3, 0.4) is 0 Å². The minimum absolute atomic E-state index is 0. The lowest BCUT2D eigenvalue weighted by Gasteiger charge is -2.06. The van der Waals surface area contributed by atoms with Crippen LogP contribution in [0.2, 0.25) is 0 Å². The highest BCUT2D eigenvalue weighted by Crippen LogP contribution is 2.09. The lowest BCUT2D eigenvalue weighted by molar-refractivity contribution is -0.432. The SMILES string of the molecule is COC[C@H]([NH3+])c1ccc(F)cc1.[Cl-]. The van der Waals surface area contributed by atoms with Gasteiger partial charge in [0.15, 0.2) is 0 Å². The van der Waals surface area contributed by atoms with Crippen molar-refractivity contribution in [2.75, 3.05) is 13.7 Å². The van der Waals surface area contributed by atoms with E-state index in [1.165, 1.54) is 12.1 Å². The Morgan fingerprint density at radius 2 is 1.92 bits per heavy atom. The Labute approximate surface area is 83.3 Å². The molecular formula is C9H13ClFNO. The molecule has 2 nitrogen and oxygen atoms in total. The molecule has 0 amide bonds. The number of halogens is 2. The molecular weight excluding hydrogens is 193 g/mol. The van der Waals surface area contributed by atoms with Gasteiger partial charge in [-0.25, -0.2) is 4.39 Å². The van der Waals surface area contributed by atoms with Crippen molar-refractivity contribution in [1.82, 2.24) is 0 Å².